The lowest BCUT2D eigenvalue weighted by atomic mass is 9.87. The Labute approximate surface area is 185 Å². The highest BCUT2D eigenvalue weighted by atomic mass is 19.2. The topological polar surface area (TPSA) is 52.7 Å². The summed E-state index contributed by atoms with van der Waals surface area (Å²) in [5, 5.41) is 2.55. The van der Waals surface area contributed by atoms with Crippen molar-refractivity contribution in [2.24, 2.45) is 5.92 Å². The number of hydrogen-bond donors (Lipinski definition) is 1. The number of amides is 3. The first kappa shape index (κ1) is 20.7. The highest BCUT2D eigenvalue weighted by Crippen LogP contribution is 2.44. The average molecular weight is 437 g/mol. The zero-order valence-corrected chi connectivity index (χ0v) is 18.1. The molecular formula is C25H25F2N3O2. The molecule has 0 aromatic heterocycles. The molecule has 1 aliphatic carbocycles. The minimum atomic E-state index is -0.989. The van der Waals surface area contributed by atoms with E-state index in [1.165, 1.54) is 27.7 Å². The van der Waals surface area contributed by atoms with Crippen LogP contribution in [0.3, 0.4) is 0 Å². The molecule has 0 unspecified atom stereocenters. The Bertz CT molecular complexity index is 1140. The van der Waals surface area contributed by atoms with E-state index < -0.39 is 17.7 Å². The molecule has 2 aromatic carbocycles. The Hall–Kier alpha value is -3.22. The van der Waals surface area contributed by atoms with E-state index in [4.69, 9.17) is 0 Å². The number of halogens is 2. The van der Waals surface area contributed by atoms with E-state index in [0.717, 1.165) is 12.5 Å². The lowest BCUT2D eigenvalue weighted by molar-refractivity contribution is -0.132. The lowest BCUT2D eigenvalue weighted by Gasteiger charge is -2.32. The van der Waals surface area contributed by atoms with Crippen LogP contribution in [-0.2, 0) is 11.3 Å². The summed E-state index contributed by atoms with van der Waals surface area (Å²) in [5.74, 6) is -1.46. The number of carbonyl (C=O) groups excluding carboxylic acids is 2. The third kappa shape index (κ3) is 3.36. The fraction of sp³-hybridized carbons (Fsp3) is 0.360. The molecule has 32 heavy (non-hydrogen) atoms. The number of carbonyl (C=O) groups is 2. The smallest absolute Gasteiger partial charge is 0.322 e. The van der Waals surface area contributed by atoms with Crippen molar-refractivity contribution in [3.63, 3.8) is 0 Å². The van der Waals surface area contributed by atoms with Gasteiger partial charge in [0.15, 0.2) is 11.6 Å². The molecule has 0 spiro atoms. The zero-order valence-electron chi connectivity index (χ0n) is 18.1. The number of benzene rings is 2. The first-order chi connectivity index (χ1) is 15.3. The molecule has 3 amide bonds. The standard InChI is InChI=1S/C25H25F2N3O2/c1-14(2)17-5-3-4-6-18(17)19-10-16-9-15(19)11-30(16)23(31)13-29-12-20-22(28-25(29)32)8-7-21(26)24(20)27/h3-8,10,14-16H,9,11-13H2,1-2H3,(H,28,32)/t15-,16-/m1/s1. The second-order valence-electron chi connectivity index (χ2n) is 9.08. The molecule has 2 aromatic rings. The van der Waals surface area contributed by atoms with Gasteiger partial charge < -0.3 is 15.1 Å². The van der Waals surface area contributed by atoms with Crippen LogP contribution in [0.25, 0.3) is 5.57 Å². The molecule has 5 rings (SSSR count). The van der Waals surface area contributed by atoms with E-state index >= 15 is 0 Å². The second kappa shape index (κ2) is 7.73. The highest BCUT2D eigenvalue weighted by molar-refractivity contribution is 5.95. The van der Waals surface area contributed by atoms with Crippen LogP contribution in [0.4, 0.5) is 19.3 Å². The summed E-state index contributed by atoms with van der Waals surface area (Å²) in [6.07, 6.45) is 3.05. The first-order valence-electron chi connectivity index (χ1n) is 11.0. The van der Waals surface area contributed by atoms with Crippen LogP contribution in [0.5, 0.6) is 0 Å². The Kier molecular flexibility index (Phi) is 4.99. The van der Waals surface area contributed by atoms with E-state index in [0.29, 0.717) is 12.5 Å². The molecule has 166 valence electrons. The molecule has 2 atom stereocenters. The maximum absolute atomic E-state index is 14.2. The molecule has 1 saturated heterocycles. The maximum Gasteiger partial charge on any atom is 0.322 e. The van der Waals surface area contributed by atoms with Gasteiger partial charge in [0, 0.05) is 18.0 Å². The molecule has 0 saturated carbocycles. The molecule has 5 nitrogen and oxygen atoms in total. The number of likely N-dealkylation sites (tertiary alicyclic amines) is 1. The van der Waals surface area contributed by atoms with Crippen molar-refractivity contribution >= 4 is 23.2 Å². The van der Waals surface area contributed by atoms with Gasteiger partial charge in [0.2, 0.25) is 5.91 Å². The molecule has 3 aliphatic rings. The highest BCUT2D eigenvalue weighted by Gasteiger charge is 2.42. The summed E-state index contributed by atoms with van der Waals surface area (Å²) >= 11 is 0. The van der Waals surface area contributed by atoms with E-state index in [1.54, 1.807) is 4.90 Å². The van der Waals surface area contributed by atoms with Crippen LogP contribution >= 0.6 is 0 Å². The van der Waals surface area contributed by atoms with Gasteiger partial charge in [-0.25, -0.2) is 13.6 Å². The van der Waals surface area contributed by atoms with Crippen molar-refractivity contribution in [2.75, 3.05) is 18.4 Å². The van der Waals surface area contributed by atoms with Gasteiger partial charge in [0.05, 0.1) is 18.3 Å². The number of rotatable bonds is 4. The summed E-state index contributed by atoms with van der Waals surface area (Å²) in [6, 6.07) is 10.2. The van der Waals surface area contributed by atoms with E-state index in [9.17, 15) is 18.4 Å². The van der Waals surface area contributed by atoms with Crippen molar-refractivity contribution in [2.45, 2.75) is 38.8 Å². The van der Waals surface area contributed by atoms with Crippen LogP contribution in [0.1, 0.15) is 42.9 Å². The minimum Gasteiger partial charge on any atom is -0.334 e. The predicted molar refractivity (Wildman–Crippen MR) is 118 cm³/mol. The van der Waals surface area contributed by atoms with E-state index in [-0.39, 0.29) is 42.2 Å². The Morgan fingerprint density at radius 1 is 1.19 bits per heavy atom. The Morgan fingerprint density at radius 3 is 2.69 bits per heavy atom. The predicted octanol–water partition coefficient (Wildman–Crippen LogP) is 4.75. The van der Waals surface area contributed by atoms with Gasteiger partial charge >= 0.3 is 6.03 Å². The van der Waals surface area contributed by atoms with Crippen LogP contribution in [0, 0.1) is 17.6 Å². The molecule has 7 heteroatoms. The van der Waals surface area contributed by atoms with Crippen LogP contribution in [0.15, 0.2) is 42.5 Å². The molecule has 2 bridgehead atoms. The SMILES string of the molecule is CC(C)c1ccccc1C1=C[C@H]2C[C@@H]1CN2C(=O)CN1Cc2c(ccc(F)c2F)NC1=O. The average Bonchev–Trinajstić information content (AvgIpc) is 3.38. The Morgan fingerprint density at radius 2 is 1.97 bits per heavy atom. The molecule has 1 fully saturated rings. The van der Waals surface area contributed by atoms with Gasteiger partial charge in [0.25, 0.3) is 0 Å². The maximum atomic E-state index is 14.2. The summed E-state index contributed by atoms with van der Waals surface area (Å²) < 4.78 is 27.8. The summed E-state index contributed by atoms with van der Waals surface area (Å²) in [4.78, 5) is 28.5. The van der Waals surface area contributed by atoms with Crippen LogP contribution < -0.4 is 5.32 Å². The number of anilines is 1. The summed E-state index contributed by atoms with van der Waals surface area (Å²) in [6.45, 7) is 4.66. The fourth-order valence-electron chi connectivity index (χ4n) is 5.16. The largest absolute Gasteiger partial charge is 0.334 e. The molecule has 1 N–H and O–H groups in total. The van der Waals surface area contributed by atoms with E-state index in [2.05, 4.69) is 43.4 Å². The second-order valence-corrected chi connectivity index (χ2v) is 9.08. The Balaban J connectivity index is 1.32. The van der Waals surface area contributed by atoms with Gasteiger partial charge in [-0.15, -0.1) is 0 Å². The van der Waals surface area contributed by atoms with Gasteiger partial charge in [-0.05, 0) is 41.2 Å². The fourth-order valence-corrected chi connectivity index (χ4v) is 5.16. The van der Waals surface area contributed by atoms with Crippen molar-refractivity contribution in [1.29, 1.82) is 0 Å². The van der Waals surface area contributed by atoms with Crippen LogP contribution in [0.2, 0.25) is 0 Å². The van der Waals surface area contributed by atoms with Crippen molar-refractivity contribution < 1.29 is 18.4 Å². The molecule has 2 aliphatic heterocycles. The third-order valence-electron chi connectivity index (χ3n) is 6.77. The van der Waals surface area contributed by atoms with Crippen LogP contribution in [-0.4, -0.2) is 40.9 Å². The third-order valence-corrected chi connectivity index (χ3v) is 6.77. The number of nitrogens with zero attached hydrogens (tertiary/aromatic N) is 2. The summed E-state index contributed by atoms with van der Waals surface area (Å²) in [5.41, 5.74) is 4.17. The molecule has 0 radical (unpaired) electrons. The number of urea groups is 1. The number of hydrogen-bond acceptors (Lipinski definition) is 2. The molecular weight excluding hydrogens is 412 g/mol. The van der Waals surface area contributed by atoms with Gasteiger partial charge in [-0.2, -0.15) is 0 Å². The number of nitrogens with one attached hydrogen (secondary N) is 1. The van der Waals surface area contributed by atoms with Gasteiger partial charge in [-0.1, -0.05) is 44.2 Å². The quantitative estimate of drug-likeness (QED) is 0.751. The van der Waals surface area contributed by atoms with Crippen molar-refractivity contribution in [1.82, 2.24) is 9.80 Å². The summed E-state index contributed by atoms with van der Waals surface area (Å²) in [7, 11) is 0. The monoisotopic (exact) mass is 437 g/mol. The van der Waals surface area contributed by atoms with Crippen molar-refractivity contribution in [3.8, 4) is 0 Å². The van der Waals surface area contributed by atoms with Gasteiger partial charge in [-0.3, -0.25) is 4.79 Å². The molecule has 2 heterocycles. The first-order valence-corrected chi connectivity index (χ1v) is 11.0. The lowest BCUT2D eigenvalue weighted by Crippen LogP contribution is -2.47. The zero-order chi connectivity index (χ0) is 22.6. The minimum absolute atomic E-state index is 0.00274. The number of fused-ring (bicyclic) bond motifs is 3. The van der Waals surface area contributed by atoms with Crippen molar-refractivity contribution in [3.05, 3.63) is 70.8 Å². The van der Waals surface area contributed by atoms with Gasteiger partial charge in [0.1, 0.15) is 6.54 Å². The normalized spacial score (nSPS) is 21.7. The van der Waals surface area contributed by atoms with E-state index in [1.807, 2.05) is 6.07 Å².